The maximum atomic E-state index is 12.2. The van der Waals surface area contributed by atoms with Gasteiger partial charge < -0.3 is 15.8 Å². The van der Waals surface area contributed by atoms with Crippen LogP contribution in [0.15, 0.2) is 42.7 Å². The average Bonchev–Trinajstić information content (AvgIpc) is 3.36. The number of hydrogen-bond acceptors (Lipinski definition) is 8. The number of carbonyl (C=O) groups is 1. The van der Waals surface area contributed by atoms with E-state index in [1.165, 1.54) is 4.90 Å². The highest BCUT2D eigenvalue weighted by Crippen LogP contribution is 2.31. The van der Waals surface area contributed by atoms with Gasteiger partial charge in [0.2, 0.25) is 5.95 Å². The number of cyclic esters (lactones) is 1. The monoisotopic (exact) mass is 444 g/mol. The summed E-state index contributed by atoms with van der Waals surface area (Å²) < 4.78 is 5.15. The molecule has 0 spiro atoms. The first kappa shape index (κ1) is 20.5. The predicted octanol–water partition coefficient (Wildman–Crippen LogP) is 4.10. The molecule has 3 aromatic rings. The Morgan fingerprint density at radius 1 is 1.27 bits per heavy atom. The van der Waals surface area contributed by atoms with Gasteiger partial charge in [0.15, 0.2) is 0 Å². The van der Waals surface area contributed by atoms with Crippen LogP contribution < -0.4 is 16.0 Å². The zero-order valence-electron chi connectivity index (χ0n) is 16.4. The lowest BCUT2D eigenvalue weighted by Gasteiger charge is -2.23. The first-order chi connectivity index (χ1) is 14.4. The number of amides is 1. The Morgan fingerprint density at radius 3 is 2.77 bits per heavy atom. The third-order valence-electron chi connectivity index (χ3n) is 4.79. The minimum atomic E-state index is -0.454. The van der Waals surface area contributed by atoms with E-state index in [-0.39, 0.29) is 24.7 Å². The van der Waals surface area contributed by atoms with E-state index >= 15 is 0 Å². The Hall–Kier alpha value is -2.75. The summed E-state index contributed by atoms with van der Waals surface area (Å²) in [5.41, 5.74) is 7.00. The number of ether oxygens (including phenoxy) is 1. The third kappa shape index (κ3) is 4.23. The molecule has 0 aliphatic carbocycles. The standard InChI is InChI=1S/C20H21ClN6O2S/c1-11(22)15-10-29-20(28)27(15)17-7-8-23-19(26-17)25-12(2)16-9-24-18(30-16)13-3-5-14(21)6-4-13/h3-9,11-12,15H,10,22H2,1-2H3,(H,23,25,26)/t11-,12+,15-/m1/s1. The number of benzene rings is 1. The summed E-state index contributed by atoms with van der Waals surface area (Å²) in [6.07, 6.45) is 2.98. The van der Waals surface area contributed by atoms with Gasteiger partial charge in [-0.15, -0.1) is 11.3 Å². The second kappa shape index (κ2) is 8.55. The van der Waals surface area contributed by atoms with Crippen molar-refractivity contribution in [3.8, 4) is 10.6 Å². The van der Waals surface area contributed by atoms with Crippen molar-refractivity contribution < 1.29 is 9.53 Å². The number of rotatable bonds is 6. The van der Waals surface area contributed by atoms with Crippen LogP contribution in [0, 0.1) is 0 Å². The lowest BCUT2D eigenvalue weighted by Crippen LogP contribution is -2.45. The fourth-order valence-electron chi connectivity index (χ4n) is 3.12. The second-order valence-corrected chi connectivity index (χ2v) is 8.55. The van der Waals surface area contributed by atoms with E-state index in [1.54, 1.807) is 23.6 Å². The molecular weight excluding hydrogens is 424 g/mol. The maximum absolute atomic E-state index is 12.2. The number of nitrogens with zero attached hydrogens (tertiary/aromatic N) is 4. The van der Waals surface area contributed by atoms with Crippen molar-refractivity contribution in [1.29, 1.82) is 0 Å². The minimum absolute atomic E-state index is 0.0754. The Morgan fingerprint density at radius 2 is 2.03 bits per heavy atom. The first-order valence-electron chi connectivity index (χ1n) is 9.45. The molecule has 0 unspecified atom stereocenters. The van der Waals surface area contributed by atoms with Gasteiger partial charge in [-0.3, -0.25) is 4.90 Å². The largest absolute Gasteiger partial charge is 0.447 e. The van der Waals surface area contributed by atoms with Crippen LogP contribution in [0.25, 0.3) is 10.6 Å². The van der Waals surface area contributed by atoms with Crippen molar-refractivity contribution in [1.82, 2.24) is 15.0 Å². The number of nitrogens with one attached hydrogen (secondary N) is 1. The fraction of sp³-hybridized carbons (Fsp3) is 0.300. The second-order valence-electron chi connectivity index (χ2n) is 7.05. The van der Waals surface area contributed by atoms with Gasteiger partial charge >= 0.3 is 6.09 Å². The van der Waals surface area contributed by atoms with Crippen LogP contribution in [0.4, 0.5) is 16.6 Å². The van der Waals surface area contributed by atoms with Crippen molar-refractivity contribution in [2.75, 3.05) is 16.8 Å². The van der Waals surface area contributed by atoms with Gasteiger partial charge in [-0.1, -0.05) is 23.7 Å². The normalized spacial score (nSPS) is 18.2. The Balaban J connectivity index is 1.50. The molecule has 156 valence electrons. The molecule has 0 saturated carbocycles. The van der Waals surface area contributed by atoms with Gasteiger partial charge in [-0.25, -0.2) is 14.8 Å². The summed E-state index contributed by atoms with van der Waals surface area (Å²) >= 11 is 7.54. The quantitative estimate of drug-likeness (QED) is 0.589. The van der Waals surface area contributed by atoms with E-state index in [9.17, 15) is 4.79 Å². The highest BCUT2D eigenvalue weighted by atomic mass is 35.5. The predicted molar refractivity (Wildman–Crippen MR) is 118 cm³/mol. The molecule has 3 N–H and O–H groups in total. The zero-order chi connectivity index (χ0) is 21.3. The van der Waals surface area contributed by atoms with Crippen molar-refractivity contribution in [3.63, 3.8) is 0 Å². The molecule has 1 saturated heterocycles. The molecule has 2 aromatic heterocycles. The van der Waals surface area contributed by atoms with E-state index in [0.717, 1.165) is 15.4 Å². The lowest BCUT2D eigenvalue weighted by atomic mass is 10.1. The number of hydrogen-bond donors (Lipinski definition) is 2. The first-order valence-corrected chi connectivity index (χ1v) is 10.6. The highest BCUT2D eigenvalue weighted by molar-refractivity contribution is 7.15. The van der Waals surface area contributed by atoms with Crippen LogP contribution >= 0.6 is 22.9 Å². The molecule has 30 heavy (non-hydrogen) atoms. The molecule has 4 rings (SSSR count). The Labute approximate surface area is 183 Å². The SMILES string of the molecule is C[C@H](Nc1nccc(N2C(=O)OC[C@@H]2[C@@H](C)N)n1)c1cnc(-c2ccc(Cl)cc2)s1. The van der Waals surface area contributed by atoms with Crippen LogP contribution in [-0.4, -0.2) is 39.7 Å². The van der Waals surface area contributed by atoms with Gasteiger partial charge in [0, 0.05) is 33.9 Å². The molecule has 1 aliphatic rings. The minimum Gasteiger partial charge on any atom is -0.447 e. The molecule has 10 heteroatoms. The number of nitrogens with two attached hydrogens (primary N) is 1. The van der Waals surface area contributed by atoms with Crippen molar-refractivity contribution in [2.45, 2.75) is 32.0 Å². The van der Waals surface area contributed by atoms with Gasteiger partial charge in [-0.05, 0) is 32.0 Å². The number of carbonyl (C=O) groups excluding carboxylic acids is 1. The number of thiazole rings is 1. The Bertz CT molecular complexity index is 1040. The molecule has 8 nitrogen and oxygen atoms in total. The lowest BCUT2D eigenvalue weighted by molar-refractivity contribution is 0.178. The summed E-state index contributed by atoms with van der Waals surface area (Å²) in [4.78, 5) is 28.0. The van der Waals surface area contributed by atoms with Crippen molar-refractivity contribution in [2.24, 2.45) is 5.73 Å². The third-order valence-corrected chi connectivity index (χ3v) is 6.27. The summed E-state index contributed by atoms with van der Waals surface area (Å²) in [5, 5.41) is 4.87. The highest BCUT2D eigenvalue weighted by Gasteiger charge is 2.37. The zero-order valence-corrected chi connectivity index (χ0v) is 18.0. The van der Waals surface area contributed by atoms with Gasteiger partial charge in [-0.2, -0.15) is 4.98 Å². The molecule has 3 atom stereocenters. The maximum Gasteiger partial charge on any atom is 0.416 e. The Kier molecular flexibility index (Phi) is 5.85. The van der Waals surface area contributed by atoms with Crippen molar-refractivity contribution in [3.05, 3.63) is 52.6 Å². The number of halogens is 1. The van der Waals surface area contributed by atoms with Crippen LogP contribution in [0.1, 0.15) is 24.8 Å². The van der Waals surface area contributed by atoms with Gasteiger partial charge in [0.05, 0.1) is 12.1 Å². The molecule has 0 bridgehead atoms. The molecule has 1 amide bonds. The summed E-state index contributed by atoms with van der Waals surface area (Å²) in [5.74, 6) is 0.861. The van der Waals surface area contributed by atoms with E-state index in [1.807, 2.05) is 44.3 Å². The van der Waals surface area contributed by atoms with Crippen LogP contribution in [0.2, 0.25) is 5.02 Å². The van der Waals surface area contributed by atoms with Crippen LogP contribution in [0.5, 0.6) is 0 Å². The van der Waals surface area contributed by atoms with Crippen molar-refractivity contribution >= 4 is 40.8 Å². The number of aromatic nitrogens is 3. The fourth-order valence-corrected chi connectivity index (χ4v) is 4.17. The van der Waals surface area contributed by atoms with Crippen LogP contribution in [-0.2, 0) is 4.74 Å². The topological polar surface area (TPSA) is 106 Å². The summed E-state index contributed by atoms with van der Waals surface area (Å²) in [6.45, 7) is 4.09. The van der Waals surface area contributed by atoms with E-state index < -0.39 is 6.09 Å². The number of anilines is 2. The van der Waals surface area contributed by atoms with Gasteiger partial charge in [0.25, 0.3) is 0 Å². The molecule has 1 aromatic carbocycles. The van der Waals surface area contributed by atoms with Gasteiger partial charge in [0.1, 0.15) is 17.4 Å². The van der Waals surface area contributed by atoms with E-state index in [0.29, 0.717) is 16.8 Å². The van der Waals surface area contributed by atoms with E-state index in [2.05, 4.69) is 20.3 Å². The molecule has 0 radical (unpaired) electrons. The smallest absolute Gasteiger partial charge is 0.416 e. The van der Waals surface area contributed by atoms with E-state index in [4.69, 9.17) is 22.1 Å². The molecular formula is C20H21ClN6O2S. The summed E-state index contributed by atoms with van der Waals surface area (Å²) in [7, 11) is 0. The van der Waals surface area contributed by atoms with Crippen LogP contribution in [0.3, 0.4) is 0 Å². The summed E-state index contributed by atoms with van der Waals surface area (Å²) in [6, 6.07) is 8.66. The average molecular weight is 445 g/mol. The molecule has 1 fully saturated rings. The molecule has 1 aliphatic heterocycles. The molecule has 3 heterocycles.